The molecule has 0 saturated carbocycles. The fourth-order valence-electron chi connectivity index (χ4n) is 2.56. The van der Waals surface area contributed by atoms with E-state index >= 15 is 0 Å². The van der Waals surface area contributed by atoms with Gasteiger partial charge in [0.2, 0.25) is 0 Å². The van der Waals surface area contributed by atoms with Crippen molar-refractivity contribution in [1.29, 1.82) is 0 Å². The van der Waals surface area contributed by atoms with Crippen LogP contribution in [0.4, 0.5) is 0 Å². The highest BCUT2D eigenvalue weighted by atomic mass is 79.9. The molecule has 0 atom stereocenters. The molecule has 0 aliphatic heterocycles. The lowest BCUT2D eigenvalue weighted by molar-refractivity contribution is 0.305. The lowest BCUT2D eigenvalue weighted by atomic mass is 10.1. The Balaban J connectivity index is 1.67. The second kappa shape index (κ2) is 5.41. The van der Waals surface area contributed by atoms with E-state index in [9.17, 15) is 0 Å². The van der Waals surface area contributed by atoms with Gasteiger partial charge in [0.15, 0.2) is 4.96 Å². The van der Waals surface area contributed by atoms with Gasteiger partial charge < -0.3 is 4.74 Å². The number of thiazole rings is 1. The molecule has 5 heteroatoms. The number of hydrogen-bond donors (Lipinski definition) is 0. The first kappa shape index (κ1) is 13.8. The lowest BCUT2D eigenvalue weighted by Crippen LogP contribution is -1.97. The summed E-state index contributed by atoms with van der Waals surface area (Å²) in [5.74, 6) is 0.887. The third-order valence-corrected chi connectivity index (χ3v) is 5.41. The number of imidazole rings is 1. The Morgan fingerprint density at radius 2 is 2.00 bits per heavy atom. The number of nitrogens with zero attached hydrogens (tertiary/aromatic N) is 2. The van der Waals surface area contributed by atoms with Crippen molar-refractivity contribution in [1.82, 2.24) is 9.38 Å². The standard InChI is InChI=1S/C17H13BrN2OS/c1-11-10-22-17-19-14(16(18)20(11)17)9-21-15-8-4-6-12-5-2-3-7-13(12)15/h2-8,10H,9H2,1H3. The van der Waals surface area contributed by atoms with E-state index in [0.29, 0.717) is 6.61 Å². The summed E-state index contributed by atoms with van der Waals surface area (Å²) in [6, 6.07) is 14.3. The molecule has 0 radical (unpaired) electrons. The number of hydrogen-bond acceptors (Lipinski definition) is 3. The number of benzene rings is 2. The normalized spacial score (nSPS) is 11.4. The Morgan fingerprint density at radius 3 is 2.86 bits per heavy atom. The van der Waals surface area contributed by atoms with Crippen LogP contribution in [0.5, 0.6) is 5.75 Å². The van der Waals surface area contributed by atoms with Gasteiger partial charge in [0.1, 0.15) is 22.7 Å². The van der Waals surface area contributed by atoms with Crippen LogP contribution in [0.25, 0.3) is 15.7 Å². The summed E-state index contributed by atoms with van der Waals surface area (Å²) in [6.45, 7) is 2.52. The third kappa shape index (κ3) is 2.21. The van der Waals surface area contributed by atoms with Crippen molar-refractivity contribution in [3.63, 3.8) is 0 Å². The highest BCUT2D eigenvalue weighted by molar-refractivity contribution is 9.10. The highest BCUT2D eigenvalue weighted by Crippen LogP contribution is 2.29. The average molecular weight is 373 g/mol. The topological polar surface area (TPSA) is 26.5 Å². The maximum absolute atomic E-state index is 6.02. The zero-order chi connectivity index (χ0) is 15.1. The molecule has 0 N–H and O–H groups in total. The zero-order valence-electron chi connectivity index (χ0n) is 11.9. The molecular formula is C17H13BrN2OS. The summed E-state index contributed by atoms with van der Waals surface area (Å²) in [6.07, 6.45) is 0. The minimum atomic E-state index is 0.447. The van der Waals surface area contributed by atoms with Crippen LogP contribution in [-0.4, -0.2) is 9.38 Å². The van der Waals surface area contributed by atoms with E-state index in [1.54, 1.807) is 11.3 Å². The number of ether oxygens (including phenoxy) is 1. The van der Waals surface area contributed by atoms with E-state index in [-0.39, 0.29) is 0 Å². The third-order valence-electron chi connectivity index (χ3n) is 3.66. The minimum absolute atomic E-state index is 0.447. The molecule has 22 heavy (non-hydrogen) atoms. The quantitative estimate of drug-likeness (QED) is 0.494. The Morgan fingerprint density at radius 1 is 1.18 bits per heavy atom. The van der Waals surface area contributed by atoms with Crippen molar-refractivity contribution in [3.05, 3.63) is 63.8 Å². The number of rotatable bonds is 3. The van der Waals surface area contributed by atoms with Gasteiger partial charge in [0.05, 0.1) is 0 Å². The SMILES string of the molecule is Cc1csc2nc(COc3cccc4ccccc34)c(Br)n12. The first-order valence-corrected chi connectivity index (χ1v) is 8.63. The van der Waals surface area contributed by atoms with E-state index < -0.39 is 0 Å². The van der Waals surface area contributed by atoms with E-state index in [0.717, 1.165) is 26.4 Å². The summed E-state index contributed by atoms with van der Waals surface area (Å²) in [5.41, 5.74) is 2.10. The molecule has 0 aliphatic carbocycles. The van der Waals surface area contributed by atoms with Crippen LogP contribution in [0.3, 0.4) is 0 Å². The molecule has 3 nitrogen and oxygen atoms in total. The molecule has 2 aromatic heterocycles. The molecule has 0 aliphatic rings. The Hall–Kier alpha value is -1.85. The van der Waals surface area contributed by atoms with Gasteiger partial charge in [-0.2, -0.15) is 0 Å². The summed E-state index contributed by atoms with van der Waals surface area (Å²) in [5, 5.41) is 4.40. The van der Waals surface area contributed by atoms with Crippen molar-refractivity contribution in [2.75, 3.05) is 0 Å². The average Bonchev–Trinajstić information content (AvgIpc) is 3.06. The van der Waals surface area contributed by atoms with E-state index in [1.165, 1.54) is 11.1 Å². The highest BCUT2D eigenvalue weighted by Gasteiger charge is 2.13. The predicted octanol–water partition coefficient (Wildman–Crippen LogP) is 5.20. The molecule has 4 aromatic rings. The van der Waals surface area contributed by atoms with Gasteiger partial charge >= 0.3 is 0 Å². The second-order valence-electron chi connectivity index (χ2n) is 5.11. The van der Waals surface area contributed by atoms with Crippen LogP contribution in [0, 0.1) is 6.92 Å². The van der Waals surface area contributed by atoms with Gasteiger partial charge in [-0.3, -0.25) is 4.40 Å². The number of fused-ring (bicyclic) bond motifs is 2. The molecule has 0 unspecified atom stereocenters. The van der Waals surface area contributed by atoms with Gasteiger partial charge in [0, 0.05) is 16.5 Å². The monoisotopic (exact) mass is 372 g/mol. The molecule has 2 aromatic carbocycles. The van der Waals surface area contributed by atoms with Crippen LogP contribution < -0.4 is 4.74 Å². The summed E-state index contributed by atoms with van der Waals surface area (Å²) in [7, 11) is 0. The number of aryl methyl sites for hydroxylation is 1. The number of halogens is 1. The van der Waals surface area contributed by atoms with E-state index in [1.807, 2.05) is 24.3 Å². The van der Waals surface area contributed by atoms with Crippen LogP contribution in [0.2, 0.25) is 0 Å². The molecule has 4 rings (SSSR count). The molecule has 110 valence electrons. The fraction of sp³-hybridized carbons (Fsp3) is 0.118. The summed E-state index contributed by atoms with van der Waals surface area (Å²) >= 11 is 5.27. The van der Waals surface area contributed by atoms with Gasteiger partial charge in [-0.05, 0) is 34.3 Å². The van der Waals surface area contributed by atoms with Crippen molar-refractivity contribution >= 4 is 43.0 Å². The van der Waals surface area contributed by atoms with Crippen molar-refractivity contribution < 1.29 is 4.74 Å². The Labute approximate surface area is 140 Å². The summed E-state index contributed by atoms with van der Waals surface area (Å²) < 4.78 is 9.10. The molecule has 0 bridgehead atoms. The van der Waals surface area contributed by atoms with Gasteiger partial charge in [-0.1, -0.05) is 36.4 Å². The zero-order valence-corrected chi connectivity index (χ0v) is 14.3. The molecule has 0 saturated heterocycles. The summed E-state index contributed by atoms with van der Waals surface area (Å²) in [4.78, 5) is 5.62. The molecule has 0 fully saturated rings. The van der Waals surface area contributed by atoms with Crippen LogP contribution in [-0.2, 0) is 6.61 Å². The lowest BCUT2D eigenvalue weighted by Gasteiger charge is -2.08. The Kier molecular flexibility index (Phi) is 3.39. The fourth-order valence-corrected chi connectivity index (χ4v) is 4.21. The van der Waals surface area contributed by atoms with Crippen LogP contribution >= 0.6 is 27.3 Å². The maximum Gasteiger partial charge on any atom is 0.195 e. The second-order valence-corrected chi connectivity index (χ2v) is 6.70. The van der Waals surface area contributed by atoms with Gasteiger partial charge in [0.25, 0.3) is 0 Å². The van der Waals surface area contributed by atoms with E-state index in [4.69, 9.17) is 4.74 Å². The number of aromatic nitrogens is 2. The minimum Gasteiger partial charge on any atom is -0.487 e. The molecule has 0 amide bonds. The maximum atomic E-state index is 6.02. The van der Waals surface area contributed by atoms with Crippen LogP contribution in [0.15, 0.2) is 52.4 Å². The first-order chi connectivity index (χ1) is 10.7. The largest absolute Gasteiger partial charge is 0.487 e. The Bertz CT molecular complexity index is 968. The van der Waals surface area contributed by atoms with Crippen molar-refractivity contribution in [2.45, 2.75) is 13.5 Å². The first-order valence-electron chi connectivity index (χ1n) is 6.95. The van der Waals surface area contributed by atoms with Gasteiger partial charge in [-0.15, -0.1) is 11.3 Å². The smallest absolute Gasteiger partial charge is 0.195 e. The van der Waals surface area contributed by atoms with Gasteiger partial charge in [-0.25, -0.2) is 4.98 Å². The van der Waals surface area contributed by atoms with Crippen molar-refractivity contribution in [2.24, 2.45) is 0 Å². The van der Waals surface area contributed by atoms with Crippen molar-refractivity contribution in [3.8, 4) is 5.75 Å². The van der Waals surface area contributed by atoms with Crippen LogP contribution in [0.1, 0.15) is 11.4 Å². The predicted molar refractivity (Wildman–Crippen MR) is 93.8 cm³/mol. The molecule has 2 heterocycles. The molecule has 0 spiro atoms. The van der Waals surface area contributed by atoms with E-state index in [2.05, 4.69) is 55.8 Å². The molecular weight excluding hydrogens is 360 g/mol.